The van der Waals surface area contributed by atoms with Gasteiger partial charge in [-0.1, -0.05) is 194 Å². The molecule has 9 aromatic carbocycles. The lowest BCUT2D eigenvalue weighted by atomic mass is 10.0. The van der Waals surface area contributed by atoms with Crippen molar-refractivity contribution < 1.29 is 0 Å². The molecule has 0 aliphatic rings. The van der Waals surface area contributed by atoms with E-state index in [1.54, 1.807) is 0 Å². The fourth-order valence-corrected chi connectivity index (χ4v) is 9.53. The number of rotatable bonds is 8. The molecular weight excluding hydrogens is 833 g/mol. The van der Waals surface area contributed by atoms with Gasteiger partial charge in [-0.25, -0.2) is 29.9 Å². The molecule has 0 aliphatic carbocycles. The molecule has 318 valence electrons. The Hall–Kier alpha value is -9.40. The summed E-state index contributed by atoms with van der Waals surface area (Å²) in [6, 6.07) is 79.3. The molecule has 8 nitrogen and oxygen atoms in total. The third-order valence-electron chi connectivity index (χ3n) is 12.6. The van der Waals surface area contributed by atoms with Gasteiger partial charge in [-0.3, -0.25) is 0 Å². The van der Waals surface area contributed by atoms with Crippen LogP contribution in [0.5, 0.6) is 0 Å². The van der Waals surface area contributed by atoms with Crippen molar-refractivity contribution in [3.8, 4) is 79.7 Å². The van der Waals surface area contributed by atoms with E-state index < -0.39 is 0 Å². The maximum atomic E-state index is 5.40. The van der Waals surface area contributed by atoms with Crippen molar-refractivity contribution in [3.63, 3.8) is 0 Å². The van der Waals surface area contributed by atoms with Crippen LogP contribution in [0.25, 0.3) is 123 Å². The Morgan fingerprint density at radius 3 is 0.706 bits per heavy atom. The van der Waals surface area contributed by atoms with Gasteiger partial charge in [-0.05, 0) is 36.4 Å². The first-order valence-corrected chi connectivity index (χ1v) is 22.6. The molecule has 0 unspecified atom stereocenters. The van der Waals surface area contributed by atoms with Gasteiger partial charge in [0, 0.05) is 54.9 Å². The molecule has 0 atom stereocenters. The van der Waals surface area contributed by atoms with Crippen LogP contribution in [0.2, 0.25) is 0 Å². The minimum atomic E-state index is 0.522. The molecule has 0 radical (unpaired) electrons. The summed E-state index contributed by atoms with van der Waals surface area (Å²) in [5.41, 5.74) is 11.0. The summed E-state index contributed by atoms with van der Waals surface area (Å²) < 4.78 is 4.68. The maximum Gasteiger partial charge on any atom is 0.166 e. The quantitative estimate of drug-likeness (QED) is 0.151. The van der Waals surface area contributed by atoms with Gasteiger partial charge in [0.2, 0.25) is 0 Å². The van der Waals surface area contributed by atoms with Gasteiger partial charge in [-0.15, -0.1) is 0 Å². The van der Waals surface area contributed by atoms with Crippen LogP contribution in [0, 0.1) is 0 Å². The van der Waals surface area contributed by atoms with Crippen LogP contribution < -0.4 is 0 Å². The van der Waals surface area contributed by atoms with Gasteiger partial charge >= 0.3 is 0 Å². The fraction of sp³-hybridized carbons (Fsp3) is 0. The molecule has 13 rings (SSSR count). The molecule has 0 N–H and O–H groups in total. The first kappa shape index (κ1) is 39.0. The molecule has 13 aromatic rings. The van der Waals surface area contributed by atoms with Gasteiger partial charge in [0.05, 0.1) is 33.4 Å². The smallest absolute Gasteiger partial charge is 0.166 e. The lowest BCUT2D eigenvalue weighted by Gasteiger charge is -2.21. The van der Waals surface area contributed by atoms with Crippen molar-refractivity contribution in [1.29, 1.82) is 0 Å². The standard InChI is InChI=1S/C60H38N8/c1-5-21-39(22-6-1)55-61-56(40-23-7-2-8-24-40)64-59(63-55)47-37-54(68-51-35-19-15-31-45(51)46-32-16-20-36-52(46)68)48(38-53(47)67-49-33-17-13-29-43(49)44-30-14-18-34-50(44)67)60-65-57(41-25-9-3-10-26-41)62-58(66-60)42-27-11-4-12-28-42/h1-38H. The third kappa shape index (κ3) is 6.62. The predicted octanol–water partition coefficient (Wildman–Crippen LogP) is 14.3. The lowest BCUT2D eigenvalue weighted by Crippen LogP contribution is -2.08. The van der Waals surface area contributed by atoms with Crippen molar-refractivity contribution in [2.24, 2.45) is 0 Å². The Morgan fingerprint density at radius 1 is 0.221 bits per heavy atom. The Bertz CT molecular complexity index is 3530. The number of hydrogen-bond donors (Lipinski definition) is 0. The Morgan fingerprint density at radius 2 is 0.441 bits per heavy atom. The molecule has 0 bridgehead atoms. The Balaban J connectivity index is 1.22. The highest BCUT2D eigenvalue weighted by Gasteiger charge is 2.26. The van der Waals surface area contributed by atoms with E-state index in [1.807, 2.05) is 121 Å². The van der Waals surface area contributed by atoms with Crippen LogP contribution in [-0.4, -0.2) is 39.0 Å². The van der Waals surface area contributed by atoms with E-state index in [9.17, 15) is 0 Å². The molecule has 0 saturated carbocycles. The molecule has 4 aromatic heterocycles. The Labute approximate surface area is 391 Å². The van der Waals surface area contributed by atoms with E-state index in [4.69, 9.17) is 29.9 Å². The molecule has 0 saturated heterocycles. The van der Waals surface area contributed by atoms with Crippen LogP contribution in [-0.2, 0) is 0 Å². The second kappa shape index (κ2) is 16.2. The molecule has 8 heteroatoms. The van der Waals surface area contributed by atoms with Gasteiger partial charge in [0.1, 0.15) is 0 Å². The molecule has 0 spiro atoms. The molecule has 0 fully saturated rings. The van der Waals surface area contributed by atoms with E-state index in [0.717, 1.165) is 88.4 Å². The summed E-state index contributed by atoms with van der Waals surface area (Å²) in [6.45, 7) is 0. The van der Waals surface area contributed by atoms with Crippen LogP contribution in [0.3, 0.4) is 0 Å². The molecule has 0 amide bonds. The Kier molecular flexibility index (Phi) is 9.31. The minimum Gasteiger partial charge on any atom is -0.308 e. The van der Waals surface area contributed by atoms with E-state index >= 15 is 0 Å². The zero-order chi connectivity index (χ0) is 45.0. The lowest BCUT2D eigenvalue weighted by molar-refractivity contribution is 1.05. The number of hydrogen-bond acceptors (Lipinski definition) is 6. The van der Waals surface area contributed by atoms with E-state index in [2.05, 4.69) is 118 Å². The second-order valence-corrected chi connectivity index (χ2v) is 16.7. The summed E-state index contributed by atoms with van der Waals surface area (Å²) in [5, 5.41) is 4.52. The summed E-state index contributed by atoms with van der Waals surface area (Å²) in [5.74, 6) is 3.33. The van der Waals surface area contributed by atoms with Crippen molar-refractivity contribution in [3.05, 3.63) is 231 Å². The number of para-hydroxylation sites is 4. The predicted molar refractivity (Wildman–Crippen MR) is 275 cm³/mol. The highest BCUT2D eigenvalue weighted by atomic mass is 15.1. The first-order chi connectivity index (χ1) is 33.7. The van der Waals surface area contributed by atoms with Crippen LogP contribution in [0.1, 0.15) is 0 Å². The van der Waals surface area contributed by atoms with E-state index in [1.165, 1.54) is 0 Å². The van der Waals surface area contributed by atoms with Crippen LogP contribution >= 0.6 is 0 Å². The maximum absolute atomic E-state index is 5.40. The highest BCUT2D eigenvalue weighted by Crippen LogP contribution is 2.43. The zero-order valence-corrected chi connectivity index (χ0v) is 36.5. The average molecular weight is 871 g/mol. The van der Waals surface area contributed by atoms with Gasteiger partial charge < -0.3 is 9.13 Å². The van der Waals surface area contributed by atoms with Crippen LogP contribution in [0.15, 0.2) is 231 Å². The number of benzene rings is 9. The van der Waals surface area contributed by atoms with Crippen molar-refractivity contribution >= 4 is 43.6 Å². The van der Waals surface area contributed by atoms with E-state index in [-0.39, 0.29) is 0 Å². The summed E-state index contributed by atoms with van der Waals surface area (Å²) >= 11 is 0. The molecule has 68 heavy (non-hydrogen) atoms. The summed E-state index contributed by atoms with van der Waals surface area (Å²) in [6.07, 6.45) is 0. The minimum absolute atomic E-state index is 0.522. The van der Waals surface area contributed by atoms with Gasteiger partial charge in [0.15, 0.2) is 34.9 Å². The normalized spacial score (nSPS) is 11.5. The second-order valence-electron chi connectivity index (χ2n) is 16.7. The summed E-state index contributed by atoms with van der Waals surface area (Å²) in [4.78, 5) is 31.9. The summed E-state index contributed by atoms with van der Waals surface area (Å²) in [7, 11) is 0. The van der Waals surface area contributed by atoms with Gasteiger partial charge in [0.25, 0.3) is 0 Å². The van der Waals surface area contributed by atoms with Crippen LogP contribution in [0.4, 0.5) is 0 Å². The number of nitrogens with zero attached hydrogens (tertiary/aromatic N) is 8. The van der Waals surface area contributed by atoms with Crippen molar-refractivity contribution in [2.45, 2.75) is 0 Å². The molecular formula is C60H38N8. The van der Waals surface area contributed by atoms with Crippen molar-refractivity contribution in [1.82, 2.24) is 39.0 Å². The molecule has 0 aliphatic heterocycles. The first-order valence-electron chi connectivity index (χ1n) is 22.6. The monoisotopic (exact) mass is 870 g/mol. The number of fused-ring (bicyclic) bond motifs is 6. The third-order valence-corrected chi connectivity index (χ3v) is 12.6. The zero-order valence-electron chi connectivity index (χ0n) is 36.5. The van der Waals surface area contributed by atoms with E-state index in [0.29, 0.717) is 34.9 Å². The largest absolute Gasteiger partial charge is 0.308 e. The average Bonchev–Trinajstić information content (AvgIpc) is 3.94. The fourth-order valence-electron chi connectivity index (χ4n) is 9.53. The molecule has 4 heterocycles. The SMILES string of the molecule is c1ccc(-c2nc(-c3ccccc3)nc(-c3cc(-n4c5ccccc5c5ccccc54)c(-c4nc(-c5ccccc5)nc(-c5ccccc5)n4)cc3-n3c4ccccc4c4ccccc43)n2)cc1. The van der Waals surface area contributed by atoms with Gasteiger partial charge in [-0.2, -0.15) is 0 Å². The highest BCUT2D eigenvalue weighted by molar-refractivity contribution is 6.11. The number of aromatic nitrogens is 8. The topological polar surface area (TPSA) is 87.2 Å². The van der Waals surface area contributed by atoms with Crippen molar-refractivity contribution in [2.75, 3.05) is 0 Å².